The van der Waals surface area contributed by atoms with Gasteiger partial charge in [0.25, 0.3) is 0 Å². The highest BCUT2D eigenvalue weighted by molar-refractivity contribution is 9.11. The van der Waals surface area contributed by atoms with E-state index in [0.717, 1.165) is 0 Å². The van der Waals surface area contributed by atoms with Gasteiger partial charge in [0.15, 0.2) is 0 Å². The van der Waals surface area contributed by atoms with Crippen LogP contribution in [-0.2, 0) is 0 Å². The summed E-state index contributed by atoms with van der Waals surface area (Å²) in [7, 11) is 0. The lowest BCUT2D eigenvalue weighted by molar-refractivity contribution is 0.436. The molecule has 1 atom stereocenters. The predicted molar refractivity (Wildman–Crippen MR) is 67.9 cm³/mol. The zero-order chi connectivity index (χ0) is 10.6. The van der Waals surface area contributed by atoms with Crippen LogP contribution in [0.2, 0.25) is 0 Å². The van der Waals surface area contributed by atoms with Crippen LogP contribution in [0, 0.1) is 0 Å². The van der Waals surface area contributed by atoms with E-state index in [0.29, 0.717) is 12.1 Å². The highest BCUT2D eigenvalue weighted by Gasteiger charge is 2.11. The Bertz CT molecular complexity index is 268. The maximum Gasteiger partial charge on any atom is 0.0701 e. The van der Waals surface area contributed by atoms with Gasteiger partial charge in [-0.15, -0.1) is 11.3 Å². The van der Waals surface area contributed by atoms with E-state index in [9.17, 15) is 0 Å². The van der Waals surface area contributed by atoms with Crippen molar-refractivity contribution < 1.29 is 0 Å². The first kappa shape index (κ1) is 12.2. The first-order valence-corrected chi connectivity index (χ1v) is 6.79. The third kappa shape index (κ3) is 3.37. The van der Waals surface area contributed by atoms with Gasteiger partial charge in [0, 0.05) is 17.0 Å². The zero-order valence-electron chi connectivity index (χ0n) is 9.01. The van der Waals surface area contributed by atoms with Crippen molar-refractivity contribution >= 4 is 27.3 Å². The van der Waals surface area contributed by atoms with Crippen LogP contribution in [0.1, 0.15) is 44.5 Å². The molecule has 80 valence electrons. The van der Waals surface area contributed by atoms with Crippen LogP contribution in [0.3, 0.4) is 0 Å². The van der Waals surface area contributed by atoms with E-state index in [1.807, 2.05) is 11.3 Å². The topological polar surface area (TPSA) is 12.0 Å². The van der Waals surface area contributed by atoms with Gasteiger partial charge in [0.2, 0.25) is 0 Å². The number of thiophene rings is 1. The molecular weight excluding hydrogens is 258 g/mol. The summed E-state index contributed by atoms with van der Waals surface area (Å²) in [6.07, 6.45) is 2.40. The Labute approximate surface area is 99.0 Å². The third-order valence-electron chi connectivity index (χ3n) is 2.49. The van der Waals surface area contributed by atoms with Gasteiger partial charge in [-0.25, -0.2) is 0 Å². The maximum absolute atomic E-state index is 3.64. The first-order valence-electron chi connectivity index (χ1n) is 5.18. The lowest BCUT2D eigenvalue weighted by Crippen LogP contribution is -2.29. The molecule has 14 heavy (non-hydrogen) atoms. The minimum Gasteiger partial charge on any atom is -0.307 e. The molecule has 1 aromatic heterocycles. The fourth-order valence-corrected chi connectivity index (χ4v) is 2.96. The molecule has 0 aromatic carbocycles. The Morgan fingerprint density at radius 3 is 2.43 bits per heavy atom. The highest BCUT2D eigenvalue weighted by atomic mass is 79.9. The molecule has 0 bridgehead atoms. The molecule has 1 N–H and O–H groups in total. The monoisotopic (exact) mass is 275 g/mol. The summed E-state index contributed by atoms with van der Waals surface area (Å²) in [5.74, 6) is 0. The molecule has 0 aliphatic carbocycles. The van der Waals surface area contributed by atoms with Crippen molar-refractivity contribution in [2.75, 3.05) is 0 Å². The van der Waals surface area contributed by atoms with Crippen LogP contribution in [0.4, 0.5) is 0 Å². The summed E-state index contributed by atoms with van der Waals surface area (Å²) in [5.41, 5.74) is 0. The largest absolute Gasteiger partial charge is 0.307 e. The van der Waals surface area contributed by atoms with Gasteiger partial charge in [-0.1, -0.05) is 13.8 Å². The number of hydrogen-bond donors (Lipinski definition) is 1. The summed E-state index contributed by atoms with van der Waals surface area (Å²) < 4.78 is 1.21. The molecule has 1 nitrogen and oxygen atoms in total. The van der Waals surface area contributed by atoms with Crippen molar-refractivity contribution in [1.82, 2.24) is 5.32 Å². The maximum atomic E-state index is 3.64. The van der Waals surface area contributed by atoms with Crippen molar-refractivity contribution in [3.8, 4) is 0 Å². The van der Waals surface area contributed by atoms with Crippen LogP contribution in [0.15, 0.2) is 15.9 Å². The van der Waals surface area contributed by atoms with Gasteiger partial charge in [-0.3, -0.25) is 0 Å². The molecule has 0 radical (unpaired) electrons. The zero-order valence-corrected chi connectivity index (χ0v) is 11.4. The molecule has 0 unspecified atom stereocenters. The first-order chi connectivity index (χ1) is 6.67. The average Bonchev–Trinajstić information content (AvgIpc) is 2.61. The molecule has 0 saturated carbocycles. The normalized spacial score (nSPS) is 13.5. The number of hydrogen-bond acceptors (Lipinski definition) is 2. The SMILES string of the molecule is CCC(CC)N[C@@H](C)c1ccc(Br)s1. The summed E-state index contributed by atoms with van der Waals surface area (Å²) in [4.78, 5) is 1.41. The average molecular weight is 276 g/mol. The second-order valence-corrected chi connectivity index (χ2v) is 6.04. The van der Waals surface area contributed by atoms with Gasteiger partial charge < -0.3 is 5.32 Å². The molecule has 0 spiro atoms. The fourth-order valence-electron chi connectivity index (χ4n) is 1.52. The van der Waals surface area contributed by atoms with Gasteiger partial charge in [0.05, 0.1) is 3.79 Å². The van der Waals surface area contributed by atoms with E-state index < -0.39 is 0 Å². The Hall–Kier alpha value is 0.140. The smallest absolute Gasteiger partial charge is 0.0701 e. The summed E-state index contributed by atoms with van der Waals surface area (Å²) in [6.45, 7) is 6.70. The quantitative estimate of drug-likeness (QED) is 0.843. The molecule has 0 fully saturated rings. The van der Waals surface area contributed by atoms with Gasteiger partial charge >= 0.3 is 0 Å². The van der Waals surface area contributed by atoms with E-state index >= 15 is 0 Å². The minimum absolute atomic E-state index is 0.469. The van der Waals surface area contributed by atoms with Crippen LogP contribution >= 0.6 is 27.3 Å². The van der Waals surface area contributed by atoms with E-state index in [1.54, 1.807) is 0 Å². The van der Waals surface area contributed by atoms with Crippen molar-refractivity contribution in [1.29, 1.82) is 0 Å². The molecular formula is C11H18BrNS. The number of rotatable bonds is 5. The predicted octanol–water partition coefficient (Wildman–Crippen LogP) is 4.35. The molecule has 0 saturated heterocycles. The second kappa shape index (κ2) is 5.89. The number of nitrogens with one attached hydrogen (secondary N) is 1. The molecule has 0 amide bonds. The molecule has 1 aromatic rings. The van der Waals surface area contributed by atoms with E-state index in [2.05, 4.69) is 54.2 Å². The van der Waals surface area contributed by atoms with Crippen molar-refractivity contribution in [3.63, 3.8) is 0 Å². The molecule has 1 heterocycles. The van der Waals surface area contributed by atoms with Crippen molar-refractivity contribution in [3.05, 3.63) is 20.8 Å². The summed E-state index contributed by atoms with van der Waals surface area (Å²) in [6, 6.07) is 5.42. The molecule has 1 rings (SSSR count). The van der Waals surface area contributed by atoms with Crippen LogP contribution in [0.25, 0.3) is 0 Å². The van der Waals surface area contributed by atoms with Crippen LogP contribution in [0.5, 0.6) is 0 Å². The van der Waals surface area contributed by atoms with E-state index in [-0.39, 0.29) is 0 Å². The van der Waals surface area contributed by atoms with Gasteiger partial charge in [-0.2, -0.15) is 0 Å². The molecule has 3 heteroatoms. The Morgan fingerprint density at radius 1 is 1.36 bits per heavy atom. The van der Waals surface area contributed by atoms with E-state index in [4.69, 9.17) is 0 Å². The lowest BCUT2D eigenvalue weighted by Gasteiger charge is -2.19. The Morgan fingerprint density at radius 2 is 2.00 bits per heavy atom. The lowest BCUT2D eigenvalue weighted by atomic mass is 10.1. The minimum atomic E-state index is 0.469. The Kier molecular flexibility index (Phi) is 5.13. The highest BCUT2D eigenvalue weighted by Crippen LogP contribution is 2.27. The second-order valence-electron chi connectivity index (χ2n) is 3.54. The van der Waals surface area contributed by atoms with Crippen LogP contribution < -0.4 is 5.32 Å². The van der Waals surface area contributed by atoms with Crippen LogP contribution in [-0.4, -0.2) is 6.04 Å². The standard InChI is InChI=1S/C11H18BrNS/c1-4-9(5-2)13-8(3)10-6-7-11(12)14-10/h6-9,13H,4-5H2,1-3H3/t8-/m0/s1. The molecule has 0 aliphatic heterocycles. The Balaban J connectivity index is 2.53. The van der Waals surface area contributed by atoms with Crippen molar-refractivity contribution in [2.45, 2.75) is 45.7 Å². The van der Waals surface area contributed by atoms with Crippen molar-refractivity contribution in [2.24, 2.45) is 0 Å². The van der Waals surface area contributed by atoms with E-state index in [1.165, 1.54) is 21.5 Å². The molecule has 0 aliphatic rings. The van der Waals surface area contributed by atoms with Gasteiger partial charge in [0.1, 0.15) is 0 Å². The fraction of sp³-hybridized carbons (Fsp3) is 0.636. The third-order valence-corrected chi connectivity index (χ3v) is 4.30. The summed E-state index contributed by atoms with van der Waals surface area (Å²) >= 11 is 5.30. The van der Waals surface area contributed by atoms with Gasteiger partial charge in [-0.05, 0) is 47.8 Å². The summed E-state index contributed by atoms with van der Waals surface area (Å²) in [5, 5.41) is 3.64. The number of halogens is 1.